The van der Waals surface area contributed by atoms with Crippen LogP contribution < -0.4 is 4.90 Å². The van der Waals surface area contributed by atoms with E-state index in [1.165, 1.54) is 77.9 Å². The zero-order valence-electron chi connectivity index (χ0n) is 37.1. The summed E-state index contributed by atoms with van der Waals surface area (Å²) in [4.78, 5) is 2.41. The molecule has 11 rings (SSSR count). The predicted octanol–water partition coefficient (Wildman–Crippen LogP) is 18.5. The van der Waals surface area contributed by atoms with Crippen LogP contribution in [0.3, 0.4) is 0 Å². The highest BCUT2D eigenvalue weighted by Gasteiger charge is 2.21. The lowest BCUT2D eigenvalue weighted by atomic mass is 9.88. The van der Waals surface area contributed by atoms with Crippen LogP contribution in [0.2, 0.25) is 0 Å². The van der Waals surface area contributed by atoms with E-state index in [2.05, 4.69) is 290 Å². The molecule has 0 fully saturated rings. The van der Waals surface area contributed by atoms with Crippen LogP contribution in [-0.4, -0.2) is 0 Å². The Labute approximate surface area is 394 Å². The Balaban J connectivity index is 1.03. The Kier molecular flexibility index (Phi) is 11.5. The van der Waals surface area contributed by atoms with Gasteiger partial charge in [-0.25, -0.2) is 0 Å². The van der Waals surface area contributed by atoms with Crippen LogP contribution in [0.1, 0.15) is 0 Å². The van der Waals surface area contributed by atoms with Crippen LogP contribution >= 0.6 is 0 Å². The molecule has 0 saturated heterocycles. The molecule has 0 aliphatic heterocycles. The van der Waals surface area contributed by atoms with E-state index in [9.17, 15) is 0 Å². The topological polar surface area (TPSA) is 3.24 Å². The minimum Gasteiger partial charge on any atom is -0.310 e. The highest BCUT2D eigenvalue weighted by Crippen LogP contribution is 2.46. The van der Waals surface area contributed by atoms with E-state index in [0.29, 0.717) is 0 Å². The predicted molar refractivity (Wildman–Crippen MR) is 285 cm³/mol. The minimum absolute atomic E-state index is 1.07. The van der Waals surface area contributed by atoms with Gasteiger partial charge in [-0.05, 0) is 132 Å². The number of para-hydroxylation sites is 1. The molecule has 1 nitrogen and oxygen atoms in total. The highest BCUT2D eigenvalue weighted by atomic mass is 15.1. The van der Waals surface area contributed by atoms with Crippen molar-refractivity contribution < 1.29 is 0 Å². The summed E-state index contributed by atoms with van der Waals surface area (Å²) in [6.45, 7) is 0. The summed E-state index contributed by atoms with van der Waals surface area (Å²) in [6, 6.07) is 103. The van der Waals surface area contributed by atoms with Crippen molar-refractivity contribution >= 4 is 17.1 Å². The van der Waals surface area contributed by atoms with Gasteiger partial charge in [0.1, 0.15) is 0 Å². The Bertz CT molecular complexity index is 3340. The smallest absolute Gasteiger partial charge is 0.0540 e. The summed E-state index contributed by atoms with van der Waals surface area (Å²) in [7, 11) is 0. The molecular weight excluding hydrogens is 807 g/mol. The molecule has 0 radical (unpaired) electrons. The zero-order valence-corrected chi connectivity index (χ0v) is 37.1. The molecular formula is C66H47N. The maximum Gasteiger partial charge on any atom is 0.0540 e. The van der Waals surface area contributed by atoms with Gasteiger partial charge in [0.15, 0.2) is 0 Å². The van der Waals surface area contributed by atoms with Crippen molar-refractivity contribution in [3.8, 4) is 89.0 Å². The molecule has 0 spiro atoms. The molecule has 0 heterocycles. The van der Waals surface area contributed by atoms with E-state index in [-0.39, 0.29) is 0 Å². The third kappa shape index (κ3) is 8.63. The van der Waals surface area contributed by atoms with Crippen molar-refractivity contribution in [2.75, 3.05) is 4.90 Å². The van der Waals surface area contributed by atoms with E-state index in [1.54, 1.807) is 0 Å². The third-order valence-corrected chi connectivity index (χ3v) is 12.7. The van der Waals surface area contributed by atoms with Crippen LogP contribution in [0, 0.1) is 0 Å². The molecule has 0 N–H and O–H groups in total. The fourth-order valence-electron chi connectivity index (χ4n) is 9.34. The highest BCUT2D eigenvalue weighted by molar-refractivity contribution is 5.97. The van der Waals surface area contributed by atoms with Crippen molar-refractivity contribution in [3.63, 3.8) is 0 Å². The van der Waals surface area contributed by atoms with Crippen LogP contribution in [0.25, 0.3) is 89.0 Å². The number of benzene rings is 11. The largest absolute Gasteiger partial charge is 0.310 e. The minimum atomic E-state index is 1.07. The van der Waals surface area contributed by atoms with E-state index in [0.717, 1.165) is 28.2 Å². The molecule has 0 aromatic heterocycles. The standard InChI is InChI=1S/C66H47N/c1-5-19-48(20-6-1)51-33-35-52(36-34-51)53-37-41-59(42-38-53)67(60-43-39-54(40-44-60)58-46-56(49-21-7-2-8-22-49)45-57(47-58)50-23-9-3-10-24-50)66-32-18-17-31-65(66)64-30-16-15-29-63(64)62-28-14-13-27-61(62)55-25-11-4-12-26-55/h1-47H. The van der Waals surface area contributed by atoms with Gasteiger partial charge < -0.3 is 4.90 Å². The van der Waals surface area contributed by atoms with Crippen molar-refractivity contribution in [2.24, 2.45) is 0 Å². The molecule has 1 heteroatoms. The number of rotatable bonds is 11. The average Bonchev–Trinajstić information content (AvgIpc) is 3.42. The van der Waals surface area contributed by atoms with Crippen molar-refractivity contribution in [1.29, 1.82) is 0 Å². The first-order chi connectivity index (χ1) is 33.2. The van der Waals surface area contributed by atoms with Crippen molar-refractivity contribution in [1.82, 2.24) is 0 Å². The second-order valence-electron chi connectivity index (χ2n) is 16.9. The summed E-state index contributed by atoms with van der Waals surface area (Å²) in [6.07, 6.45) is 0. The molecule has 0 aliphatic carbocycles. The molecule has 67 heavy (non-hydrogen) atoms. The molecule has 11 aromatic rings. The molecule has 0 atom stereocenters. The summed E-state index contributed by atoms with van der Waals surface area (Å²) < 4.78 is 0. The summed E-state index contributed by atoms with van der Waals surface area (Å²) >= 11 is 0. The molecule has 0 saturated carbocycles. The number of nitrogens with zero attached hydrogens (tertiary/aromatic N) is 1. The van der Waals surface area contributed by atoms with Crippen LogP contribution in [0.4, 0.5) is 17.1 Å². The molecule has 11 aromatic carbocycles. The van der Waals surface area contributed by atoms with E-state index in [4.69, 9.17) is 0 Å². The lowest BCUT2D eigenvalue weighted by molar-refractivity contribution is 1.28. The molecule has 0 bridgehead atoms. The Morgan fingerprint density at radius 2 is 0.418 bits per heavy atom. The van der Waals surface area contributed by atoms with E-state index < -0.39 is 0 Å². The number of hydrogen-bond donors (Lipinski definition) is 0. The molecule has 0 aliphatic rings. The molecule has 0 amide bonds. The second kappa shape index (κ2) is 18.7. The lowest BCUT2D eigenvalue weighted by Crippen LogP contribution is -2.11. The Morgan fingerprint density at radius 3 is 0.836 bits per heavy atom. The van der Waals surface area contributed by atoms with Crippen LogP contribution in [-0.2, 0) is 0 Å². The fourth-order valence-corrected chi connectivity index (χ4v) is 9.34. The average molecular weight is 854 g/mol. The van der Waals surface area contributed by atoms with Crippen molar-refractivity contribution in [2.45, 2.75) is 0 Å². The first-order valence-corrected chi connectivity index (χ1v) is 23.0. The van der Waals surface area contributed by atoms with Crippen LogP contribution in [0.15, 0.2) is 285 Å². The first-order valence-electron chi connectivity index (χ1n) is 23.0. The molecule has 316 valence electrons. The van der Waals surface area contributed by atoms with Gasteiger partial charge in [-0.3, -0.25) is 0 Å². The summed E-state index contributed by atoms with van der Waals surface area (Å²) in [5.74, 6) is 0. The van der Waals surface area contributed by atoms with Gasteiger partial charge in [0.2, 0.25) is 0 Å². The van der Waals surface area contributed by atoms with Gasteiger partial charge in [0.25, 0.3) is 0 Å². The van der Waals surface area contributed by atoms with Crippen LogP contribution in [0.5, 0.6) is 0 Å². The summed E-state index contributed by atoms with van der Waals surface area (Å²) in [5, 5.41) is 0. The quantitative estimate of drug-likeness (QED) is 0.125. The monoisotopic (exact) mass is 853 g/mol. The van der Waals surface area contributed by atoms with Crippen molar-refractivity contribution in [3.05, 3.63) is 285 Å². The maximum atomic E-state index is 2.41. The summed E-state index contributed by atoms with van der Waals surface area (Å²) in [5.41, 5.74) is 22.2. The second-order valence-corrected chi connectivity index (χ2v) is 16.9. The first kappa shape index (κ1) is 41.0. The van der Waals surface area contributed by atoms with Gasteiger partial charge >= 0.3 is 0 Å². The fraction of sp³-hybridized carbons (Fsp3) is 0. The number of anilines is 3. The SMILES string of the molecule is c1ccc(-c2ccc(-c3ccc(N(c4ccc(-c5cc(-c6ccccc6)cc(-c6ccccc6)c5)cc4)c4ccccc4-c4ccccc4-c4ccccc4-c4ccccc4)cc3)cc2)cc1. The third-order valence-electron chi connectivity index (χ3n) is 12.7. The van der Waals surface area contributed by atoms with E-state index in [1.807, 2.05) is 0 Å². The van der Waals surface area contributed by atoms with Gasteiger partial charge in [-0.15, -0.1) is 0 Å². The maximum absolute atomic E-state index is 2.41. The van der Waals surface area contributed by atoms with Gasteiger partial charge in [0.05, 0.1) is 5.69 Å². The molecule has 0 unspecified atom stereocenters. The Hall–Kier alpha value is -8.78. The lowest BCUT2D eigenvalue weighted by Gasteiger charge is -2.29. The van der Waals surface area contributed by atoms with Gasteiger partial charge in [-0.1, -0.05) is 237 Å². The number of hydrogen-bond acceptors (Lipinski definition) is 1. The normalized spacial score (nSPS) is 11.0. The van der Waals surface area contributed by atoms with Gasteiger partial charge in [0, 0.05) is 16.9 Å². The van der Waals surface area contributed by atoms with E-state index >= 15 is 0 Å². The zero-order chi connectivity index (χ0) is 44.8. The Morgan fingerprint density at radius 1 is 0.164 bits per heavy atom. The van der Waals surface area contributed by atoms with Gasteiger partial charge in [-0.2, -0.15) is 0 Å².